The van der Waals surface area contributed by atoms with E-state index < -0.39 is 0 Å². The van der Waals surface area contributed by atoms with Crippen LogP contribution in [-0.4, -0.2) is 31.5 Å². The predicted molar refractivity (Wildman–Crippen MR) is 96.9 cm³/mol. The molecule has 1 aromatic heterocycles. The number of hydrogen-bond donors (Lipinski definition) is 3. The van der Waals surface area contributed by atoms with Gasteiger partial charge in [-0.3, -0.25) is 9.79 Å². The van der Waals surface area contributed by atoms with Gasteiger partial charge in [0, 0.05) is 35.8 Å². The number of aliphatic imine (C=N–C) groups is 1. The molecule has 1 aliphatic rings. The van der Waals surface area contributed by atoms with Crippen molar-refractivity contribution in [1.29, 1.82) is 0 Å². The number of carbonyl (C=O) groups is 1. The van der Waals surface area contributed by atoms with E-state index in [-0.39, 0.29) is 5.91 Å². The summed E-state index contributed by atoms with van der Waals surface area (Å²) in [7, 11) is 1.75. The summed E-state index contributed by atoms with van der Waals surface area (Å²) in [6, 6.07) is 4.72. The average molecular weight is 337 g/mol. The van der Waals surface area contributed by atoms with Gasteiger partial charge in [0.2, 0.25) is 5.91 Å². The molecule has 0 unspecified atom stereocenters. The first-order valence-corrected chi connectivity index (χ1v) is 9.34. The van der Waals surface area contributed by atoms with E-state index in [0.717, 1.165) is 31.8 Å². The van der Waals surface area contributed by atoms with Crippen molar-refractivity contribution in [1.82, 2.24) is 16.0 Å². The summed E-state index contributed by atoms with van der Waals surface area (Å²) in [5, 5.41) is 9.59. The maximum Gasteiger partial charge on any atom is 0.221 e. The number of nitrogens with zero attached hydrogens (tertiary/aromatic N) is 1. The standard InChI is InChI=1S/C17H28N4OS/c1-3-14-8-9-15(23-14)12-20-17(18-2)19-11-10-16(22)21-13-6-4-5-7-13/h8-9,13H,3-7,10-12H2,1-2H3,(H,21,22)(H2,18,19,20). The van der Waals surface area contributed by atoms with Gasteiger partial charge < -0.3 is 16.0 Å². The van der Waals surface area contributed by atoms with Crippen LogP contribution in [0.25, 0.3) is 0 Å². The molecule has 0 radical (unpaired) electrons. The van der Waals surface area contributed by atoms with Crippen LogP contribution in [-0.2, 0) is 17.8 Å². The molecule has 3 N–H and O–H groups in total. The fraction of sp³-hybridized carbons (Fsp3) is 0.647. The van der Waals surface area contributed by atoms with E-state index in [1.165, 1.54) is 22.6 Å². The van der Waals surface area contributed by atoms with Crippen LogP contribution in [0.1, 0.15) is 48.8 Å². The van der Waals surface area contributed by atoms with E-state index in [9.17, 15) is 4.79 Å². The van der Waals surface area contributed by atoms with Crippen LogP contribution in [0.2, 0.25) is 0 Å². The third kappa shape index (κ3) is 6.22. The summed E-state index contributed by atoms with van der Waals surface area (Å²) in [5.74, 6) is 0.871. The third-order valence-electron chi connectivity index (χ3n) is 4.08. The molecule has 0 bridgehead atoms. The van der Waals surface area contributed by atoms with Crippen molar-refractivity contribution in [3.63, 3.8) is 0 Å². The lowest BCUT2D eigenvalue weighted by Gasteiger charge is -2.13. The summed E-state index contributed by atoms with van der Waals surface area (Å²) in [6.45, 7) is 3.53. The Balaban J connectivity index is 1.63. The highest BCUT2D eigenvalue weighted by Gasteiger charge is 2.16. The van der Waals surface area contributed by atoms with Crippen molar-refractivity contribution >= 4 is 23.2 Å². The number of guanidine groups is 1. The second-order valence-electron chi connectivity index (χ2n) is 5.87. The van der Waals surface area contributed by atoms with Crippen LogP contribution >= 0.6 is 11.3 Å². The van der Waals surface area contributed by atoms with Crippen LogP contribution in [0.5, 0.6) is 0 Å². The third-order valence-corrected chi connectivity index (χ3v) is 5.31. The first-order chi connectivity index (χ1) is 11.2. The van der Waals surface area contributed by atoms with Crippen LogP contribution in [0.3, 0.4) is 0 Å². The van der Waals surface area contributed by atoms with Gasteiger partial charge in [-0.05, 0) is 31.4 Å². The molecular weight excluding hydrogens is 308 g/mol. The molecule has 0 spiro atoms. The second-order valence-corrected chi connectivity index (χ2v) is 7.13. The fourth-order valence-electron chi connectivity index (χ4n) is 2.76. The maximum absolute atomic E-state index is 11.9. The number of nitrogens with one attached hydrogen (secondary N) is 3. The van der Waals surface area contributed by atoms with Crippen molar-refractivity contribution in [2.45, 2.75) is 58.0 Å². The average Bonchev–Trinajstić information content (AvgIpc) is 3.22. The minimum atomic E-state index is 0.130. The van der Waals surface area contributed by atoms with Crippen LogP contribution in [0.15, 0.2) is 17.1 Å². The molecule has 0 atom stereocenters. The Labute approximate surface area is 143 Å². The van der Waals surface area contributed by atoms with Gasteiger partial charge in [-0.25, -0.2) is 0 Å². The van der Waals surface area contributed by atoms with E-state index in [1.807, 2.05) is 11.3 Å². The van der Waals surface area contributed by atoms with Crippen molar-refractivity contribution in [2.75, 3.05) is 13.6 Å². The molecule has 1 heterocycles. The molecule has 128 valence electrons. The predicted octanol–water partition coefficient (Wildman–Crippen LogP) is 2.42. The van der Waals surface area contributed by atoms with Crippen LogP contribution in [0, 0.1) is 0 Å². The molecule has 1 saturated carbocycles. The molecule has 1 aliphatic carbocycles. The van der Waals surface area contributed by atoms with Crippen molar-refractivity contribution in [3.8, 4) is 0 Å². The zero-order valence-corrected chi connectivity index (χ0v) is 15.0. The lowest BCUT2D eigenvalue weighted by atomic mass is 10.2. The Morgan fingerprint density at radius 3 is 2.65 bits per heavy atom. The van der Waals surface area contributed by atoms with E-state index >= 15 is 0 Å². The topological polar surface area (TPSA) is 65.5 Å². The largest absolute Gasteiger partial charge is 0.356 e. The van der Waals surface area contributed by atoms with Crippen LogP contribution < -0.4 is 16.0 Å². The molecule has 1 fully saturated rings. The summed E-state index contributed by atoms with van der Waals surface area (Å²) >= 11 is 1.82. The van der Waals surface area contributed by atoms with Crippen LogP contribution in [0.4, 0.5) is 0 Å². The minimum Gasteiger partial charge on any atom is -0.356 e. The first-order valence-electron chi connectivity index (χ1n) is 8.52. The molecule has 1 aromatic rings. The number of aryl methyl sites for hydroxylation is 1. The summed E-state index contributed by atoms with van der Waals surface area (Å²) < 4.78 is 0. The molecule has 23 heavy (non-hydrogen) atoms. The molecule has 2 rings (SSSR count). The van der Waals surface area contributed by atoms with Gasteiger partial charge in [-0.1, -0.05) is 19.8 Å². The molecule has 0 aromatic carbocycles. The monoisotopic (exact) mass is 336 g/mol. The SMILES string of the molecule is CCc1ccc(CNC(=NC)NCCC(=O)NC2CCCC2)s1. The van der Waals surface area contributed by atoms with Crippen molar-refractivity contribution in [3.05, 3.63) is 21.9 Å². The lowest BCUT2D eigenvalue weighted by Crippen LogP contribution is -2.40. The number of rotatable bonds is 7. The fourth-order valence-corrected chi connectivity index (χ4v) is 3.66. The van der Waals surface area contributed by atoms with Gasteiger partial charge in [-0.2, -0.15) is 0 Å². The second kappa shape index (κ2) is 9.55. The number of amides is 1. The smallest absolute Gasteiger partial charge is 0.221 e. The Hall–Kier alpha value is -1.56. The zero-order valence-electron chi connectivity index (χ0n) is 14.2. The molecule has 0 saturated heterocycles. The van der Waals surface area contributed by atoms with Gasteiger partial charge in [-0.15, -0.1) is 11.3 Å². The van der Waals surface area contributed by atoms with Gasteiger partial charge in [0.15, 0.2) is 5.96 Å². The first kappa shape index (κ1) is 17.8. The molecular formula is C17H28N4OS. The normalized spacial score (nSPS) is 15.7. The Bertz CT molecular complexity index is 520. The summed E-state index contributed by atoms with van der Waals surface area (Å²) in [4.78, 5) is 18.8. The van der Waals surface area contributed by atoms with E-state index in [1.54, 1.807) is 7.05 Å². The van der Waals surface area contributed by atoms with E-state index in [0.29, 0.717) is 19.0 Å². The highest BCUT2D eigenvalue weighted by atomic mass is 32.1. The number of carbonyl (C=O) groups excluding carboxylic acids is 1. The molecule has 5 nitrogen and oxygen atoms in total. The van der Waals surface area contributed by atoms with Crippen molar-refractivity contribution < 1.29 is 4.79 Å². The van der Waals surface area contributed by atoms with Gasteiger partial charge >= 0.3 is 0 Å². The molecule has 1 amide bonds. The maximum atomic E-state index is 11.9. The van der Waals surface area contributed by atoms with E-state index in [2.05, 4.69) is 40.0 Å². The Morgan fingerprint density at radius 2 is 2.00 bits per heavy atom. The number of thiophene rings is 1. The Kier molecular flexibility index (Phi) is 7.39. The molecule has 0 aliphatic heterocycles. The highest BCUT2D eigenvalue weighted by molar-refractivity contribution is 7.11. The van der Waals surface area contributed by atoms with Crippen molar-refractivity contribution in [2.24, 2.45) is 4.99 Å². The summed E-state index contributed by atoms with van der Waals surface area (Å²) in [6.07, 6.45) is 6.29. The number of hydrogen-bond acceptors (Lipinski definition) is 3. The zero-order chi connectivity index (χ0) is 16.5. The quantitative estimate of drug-likeness (QED) is 0.529. The Morgan fingerprint density at radius 1 is 1.26 bits per heavy atom. The van der Waals surface area contributed by atoms with Gasteiger partial charge in [0.1, 0.15) is 0 Å². The molecule has 6 heteroatoms. The van der Waals surface area contributed by atoms with Gasteiger partial charge in [0.05, 0.1) is 6.54 Å². The van der Waals surface area contributed by atoms with Gasteiger partial charge in [0.25, 0.3) is 0 Å². The highest BCUT2D eigenvalue weighted by Crippen LogP contribution is 2.17. The van der Waals surface area contributed by atoms with E-state index in [4.69, 9.17) is 0 Å². The lowest BCUT2D eigenvalue weighted by molar-refractivity contribution is -0.121. The minimum absolute atomic E-state index is 0.130. The summed E-state index contributed by atoms with van der Waals surface area (Å²) in [5.41, 5.74) is 0.